The molecule has 9 heavy (non-hydrogen) atoms. The van der Waals surface area contributed by atoms with E-state index in [-0.39, 0.29) is 5.94 Å². The van der Waals surface area contributed by atoms with Gasteiger partial charge >= 0.3 is 6.16 Å². The molecular formula is C4H7ClO3S. The highest BCUT2D eigenvalue weighted by molar-refractivity contribution is 8.20. The summed E-state index contributed by atoms with van der Waals surface area (Å²) in [7, 11) is 6.03. The van der Waals surface area contributed by atoms with Gasteiger partial charge in [0.25, 0.3) is 0 Å². The summed E-state index contributed by atoms with van der Waals surface area (Å²) < 4.78 is 8.81. The van der Waals surface area contributed by atoms with Gasteiger partial charge in [-0.05, 0) is 28.6 Å². The Kier molecular flexibility index (Phi) is 5.98. The fourth-order valence-electron chi connectivity index (χ4n) is 0.230. The first kappa shape index (κ1) is 8.91. The number of hydrogen-bond acceptors (Lipinski definition) is 4. The second-order valence-electron chi connectivity index (χ2n) is 1.05. The normalized spacial score (nSPS) is 8.67. The zero-order valence-corrected chi connectivity index (χ0v) is 6.50. The second kappa shape index (κ2) is 6.04. The van der Waals surface area contributed by atoms with Crippen molar-refractivity contribution in [1.29, 1.82) is 0 Å². The number of carbonyl (C=O) groups is 1. The molecule has 0 saturated carbocycles. The summed E-state index contributed by atoms with van der Waals surface area (Å²) >= 11 is 0. The van der Waals surface area contributed by atoms with Gasteiger partial charge in [0.05, 0.1) is 6.61 Å². The van der Waals surface area contributed by atoms with E-state index in [9.17, 15) is 4.79 Å². The Morgan fingerprint density at radius 2 is 2.33 bits per heavy atom. The van der Waals surface area contributed by atoms with Gasteiger partial charge in [-0.25, -0.2) is 4.79 Å². The third-order valence-electron chi connectivity index (χ3n) is 0.484. The van der Waals surface area contributed by atoms with Crippen molar-refractivity contribution in [2.45, 2.75) is 6.92 Å². The van der Waals surface area contributed by atoms with Gasteiger partial charge in [-0.1, -0.05) is 0 Å². The topological polar surface area (TPSA) is 35.5 Å². The minimum Gasteiger partial charge on any atom is -0.435 e. The molecule has 0 spiro atoms. The van der Waals surface area contributed by atoms with Crippen molar-refractivity contribution in [2.75, 3.05) is 12.5 Å². The number of halogens is 1. The smallest absolute Gasteiger partial charge is 0.435 e. The van der Waals surface area contributed by atoms with E-state index in [0.717, 1.165) is 11.0 Å². The Hall–Kier alpha value is -0.0900. The molecule has 0 atom stereocenters. The van der Waals surface area contributed by atoms with E-state index < -0.39 is 6.16 Å². The maximum Gasteiger partial charge on any atom is 0.509 e. The van der Waals surface area contributed by atoms with Gasteiger partial charge in [-0.2, -0.15) is 0 Å². The van der Waals surface area contributed by atoms with E-state index in [1.165, 1.54) is 0 Å². The largest absolute Gasteiger partial charge is 0.509 e. The SMILES string of the molecule is CCOC(=O)OCSCl. The summed E-state index contributed by atoms with van der Waals surface area (Å²) in [4.78, 5) is 10.3. The van der Waals surface area contributed by atoms with Crippen molar-refractivity contribution < 1.29 is 14.3 Å². The van der Waals surface area contributed by atoms with E-state index >= 15 is 0 Å². The van der Waals surface area contributed by atoms with Crippen molar-refractivity contribution in [1.82, 2.24) is 0 Å². The molecule has 0 radical (unpaired) electrons. The molecule has 3 nitrogen and oxygen atoms in total. The molecule has 0 aliphatic heterocycles. The summed E-state index contributed by atoms with van der Waals surface area (Å²) in [6.45, 7) is 2.03. The average Bonchev–Trinajstić information content (AvgIpc) is 1.85. The average molecular weight is 171 g/mol. The van der Waals surface area contributed by atoms with E-state index in [4.69, 9.17) is 10.7 Å². The van der Waals surface area contributed by atoms with Gasteiger partial charge in [0.1, 0.15) is 0 Å². The molecule has 0 bridgehead atoms. The van der Waals surface area contributed by atoms with E-state index in [1.54, 1.807) is 6.92 Å². The molecule has 0 aromatic carbocycles. The molecule has 54 valence electrons. The van der Waals surface area contributed by atoms with Crippen molar-refractivity contribution in [3.63, 3.8) is 0 Å². The number of hydrogen-bond donors (Lipinski definition) is 0. The quantitative estimate of drug-likeness (QED) is 0.480. The van der Waals surface area contributed by atoms with Gasteiger partial charge < -0.3 is 9.47 Å². The van der Waals surface area contributed by atoms with Crippen molar-refractivity contribution in [3.05, 3.63) is 0 Å². The molecule has 0 heterocycles. The summed E-state index contributed by atoms with van der Waals surface area (Å²) in [5.74, 6) is 0.125. The first-order valence-corrected chi connectivity index (χ1v) is 4.15. The molecule has 0 aliphatic carbocycles. The predicted octanol–water partition coefficient (Wildman–Crippen LogP) is 2.00. The molecule has 0 unspecified atom stereocenters. The Morgan fingerprint density at radius 3 is 2.78 bits per heavy atom. The van der Waals surface area contributed by atoms with Crippen LogP contribution in [0, 0.1) is 0 Å². The summed E-state index contributed by atoms with van der Waals surface area (Å²) in [5, 5.41) is 0. The molecule has 0 saturated heterocycles. The fourth-order valence-corrected chi connectivity index (χ4v) is 0.504. The highest BCUT2D eigenvalue weighted by atomic mass is 35.7. The van der Waals surface area contributed by atoms with Crippen LogP contribution in [0.4, 0.5) is 4.79 Å². The predicted molar refractivity (Wildman–Crippen MR) is 36.4 cm³/mol. The van der Waals surface area contributed by atoms with Crippen LogP contribution in [0.5, 0.6) is 0 Å². The molecule has 0 aliphatic rings. The standard InChI is InChI=1S/C4H7ClO3S/c1-2-7-4(6)8-3-9-5/h2-3H2,1H3. The lowest BCUT2D eigenvalue weighted by atomic mass is 10.9. The Morgan fingerprint density at radius 1 is 1.67 bits per heavy atom. The molecule has 0 N–H and O–H groups in total. The van der Waals surface area contributed by atoms with Crippen LogP contribution in [-0.4, -0.2) is 18.7 Å². The lowest BCUT2D eigenvalue weighted by molar-refractivity contribution is 0.0731. The van der Waals surface area contributed by atoms with E-state index in [1.807, 2.05) is 0 Å². The lowest BCUT2D eigenvalue weighted by Gasteiger charge is -1.99. The lowest BCUT2D eigenvalue weighted by Crippen LogP contribution is -2.05. The Labute approximate surface area is 62.2 Å². The first-order chi connectivity index (χ1) is 4.31. The summed E-state index contributed by atoms with van der Waals surface area (Å²) in [5.41, 5.74) is 0. The molecule has 0 rings (SSSR count). The second-order valence-corrected chi connectivity index (χ2v) is 2.16. The Bertz CT molecular complexity index is 87.9. The molecule has 0 aromatic rings. The van der Waals surface area contributed by atoms with Crippen LogP contribution < -0.4 is 0 Å². The van der Waals surface area contributed by atoms with Crippen molar-refractivity contribution >= 4 is 27.8 Å². The number of carbonyl (C=O) groups excluding carboxylic acids is 1. The van der Waals surface area contributed by atoms with Crippen molar-refractivity contribution in [3.8, 4) is 0 Å². The maximum absolute atomic E-state index is 10.3. The zero-order valence-electron chi connectivity index (χ0n) is 4.93. The van der Waals surface area contributed by atoms with Gasteiger partial charge in [0.2, 0.25) is 0 Å². The first-order valence-electron chi connectivity index (χ1n) is 2.34. The monoisotopic (exact) mass is 170 g/mol. The van der Waals surface area contributed by atoms with E-state index in [2.05, 4.69) is 9.47 Å². The highest BCUT2D eigenvalue weighted by Gasteiger charge is 1.98. The van der Waals surface area contributed by atoms with Crippen molar-refractivity contribution in [2.24, 2.45) is 0 Å². The molecule has 0 aromatic heterocycles. The van der Waals surface area contributed by atoms with Crippen LogP contribution >= 0.6 is 21.7 Å². The van der Waals surface area contributed by atoms with Crippen LogP contribution in [-0.2, 0) is 9.47 Å². The Balaban J connectivity index is 3.06. The fraction of sp³-hybridized carbons (Fsp3) is 0.750. The van der Waals surface area contributed by atoms with E-state index in [0.29, 0.717) is 6.61 Å². The maximum atomic E-state index is 10.3. The molecule has 0 amide bonds. The summed E-state index contributed by atoms with van der Waals surface area (Å²) in [6, 6.07) is 0. The molecule has 5 heteroatoms. The zero-order chi connectivity index (χ0) is 7.11. The third-order valence-corrected chi connectivity index (χ3v) is 0.958. The molecule has 0 fully saturated rings. The third kappa shape index (κ3) is 5.79. The van der Waals surface area contributed by atoms with Gasteiger partial charge in [0, 0.05) is 0 Å². The van der Waals surface area contributed by atoms with Gasteiger partial charge in [-0.3, -0.25) is 0 Å². The number of ether oxygens (including phenoxy) is 2. The van der Waals surface area contributed by atoms with Crippen LogP contribution in [0.15, 0.2) is 0 Å². The minimum atomic E-state index is -0.675. The number of rotatable bonds is 3. The summed E-state index contributed by atoms with van der Waals surface area (Å²) in [6.07, 6.45) is -0.675. The molecular weight excluding hydrogens is 164 g/mol. The van der Waals surface area contributed by atoms with Crippen LogP contribution in [0.25, 0.3) is 0 Å². The highest BCUT2D eigenvalue weighted by Crippen LogP contribution is 2.05. The van der Waals surface area contributed by atoms with Gasteiger partial charge in [0.15, 0.2) is 5.94 Å². The van der Waals surface area contributed by atoms with Crippen LogP contribution in [0.2, 0.25) is 0 Å². The van der Waals surface area contributed by atoms with Crippen LogP contribution in [0.3, 0.4) is 0 Å². The van der Waals surface area contributed by atoms with Gasteiger partial charge in [-0.15, -0.1) is 0 Å². The minimum absolute atomic E-state index is 0.125. The van der Waals surface area contributed by atoms with Crippen LogP contribution in [0.1, 0.15) is 6.92 Å².